The van der Waals surface area contributed by atoms with E-state index in [-0.39, 0.29) is 23.0 Å². The van der Waals surface area contributed by atoms with E-state index >= 15 is 0 Å². The Morgan fingerprint density at radius 2 is 2.18 bits per heavy atom. The van der Waals surface area contributed by atoms with Crippen LogP contribution in [0.3, 0.4) is 0 Å². The van der Waals surface area contributed by atoms with Gasteiger partial charge in [-0.1, -0.05) is 18.7 Å². The van der Waals surface area contributed by atoms with Crippen molar-refractivity contribution in [1.29, 1.82) is 0 Å². The van der Waals surface area contributed by atoms with Crippen LogP contribution < -0.4 is 4.74 Å². The number of hydrogen-bond donors (Lipinski definition) is 2. The van der Waals surface area contributed by atoms with Crippen molar-refractivity contribution in [3.05, 3.63) is 36.1 Å². The van der Waals surface area contributed by atoms with Crippen LogP contribution in [-0.2, 0) is 4.79 Å². The highest BCUT2D eigenvalue weighted by atomic mass is 16.5. The molecule has 0 spiro atoms. The Kier molecular flexibility index (Phi) is 2.47. The topological polar surface area (TPSA) is 66.8 Å². The van der Waals surface area contributed by atoms with Crippen molar-refractivity contribution >= 4 is 5.78 Å². The summed E-state index contributed by atoms with van der Waals surface area (Å²) in [5, 5.41) is 19.9. The first-order chi connectivity index (χ1) is 7.89. The zero-order valence-corrected chi connectivity index (χ0v) is 9.73. The first-order valence-corrected chi connectivity index (χ1v) is 5.27. The van der Waals surface area contributed by atoms with Crippen molar-refractivity contribution in [2.24, 2.45) is 5.41 Å². The lowest BCUT2D eigenvalue weighted by atomic mass is 9.74. The minimum absolute atomic E-state index is 0.0756. The molecule has 2 N–H and O–H groups in total. The maximum absolute atomic E-state index is 11.7. The standard InChI is InChI=1S/C13H14O4/c1-7(14)13(3)8(2)17-11-9(12(13)16)5-4-6-10(11)15/h4-6,12,15-16H,2H2,1,3H3. The maximum atomic E-state index is 11.7. The van der Waals surface area contributed by atoms with Crippen LogP contribution in [0.1, 0.15) is 25.5 Å². The minimum atomic E-state index is -1.18. The highest BCUT2D eigenvalue weighted by molar-refractivity contribution is 5.86. The lowest BCUT2D eigenvalue weighted by molar-refractivity contribution is -0.132. The Bertz CT molecular complexity index is 506. The predicted molar refractivity (Wildman–Crippen MR) is 61.6 cm³/mol. The number of aliphatic hydroxyl groups excluding tert-OH is 1. The molecule has 1 aromatic carbocycles. The molecule has 0 amide bonds. The fraction of sp³-hybridized carbons (Fsp3) is 0.308. The number of benzene rings is 1. The van der Waals surface area contributed by atoms with E-state index in [0.717, 1.165) is 0 Å². The molecule has 1 aliphatic rings. The van der Waals surface area contributed by atoms with Crippen LogP contribution in [0.15, 0.2) is 30.5 Å². The monoisotopic (exact) mass is 234 g/mol. The number of Topliss-reactive ketones (excluding diaryl/α,β-unsaturated/α-hetero) is 1. The number of aromatic hydroxyl groups is 1. The highest BCUT2D eigenvalue weighted by Gasteiger charge is 2.48. The normalized spacial score (nSPS) is 27.2. The second kappa shape index (κ2) is 3.60. The summed E-state index contributed by atoms with van der Waals surface area (Å²) in [6.07, 6.45) is -1.07. The zero-order chi connectivity index (χ0) is 12.8. The molecule has 0 saturated heterocycles. The number of fused-ring (bicyclic) bond motifs is 1. The second-order valence-corrected chi connectivity index (χ2v) is 4.38. The van der Waals surface area contributed by atoms with Gasteiger partial charge in [0.1, 0.15) is 23.1 Å². The van der Waals surface area contributed by atoms with Crippen molar-refractivity contribution in [3.63, 3.8) is 0 Å². The quantitative estimate of drug-likeness (QED) is 0.779. The van der Waals surface area contributed by atoms with Gasteiger partial charge in [0, 0.05) is 5.56 Å². The fourth-order valence-electron chi connectivity index (χ4n) is 1.95. The van der Waals surface area contributed by atoms with Crippen LogP contribution in [0.5, 0.6) is 11.5 Å². The molecule has 0 aromatic heterocycles. The van der Waals surface area contributed by atoms with Gasteiger partial charge in [0.25, 0.3) is 0 Å². The third-order valence-electron chi connectivity index (χ3n) is 3.40. The lowest BCUT2D eigenvalue weighted by Gasteiger charge is -2.38. The van der Waals surface area contributed by atoms with E-state index in [1.807, 2.05) is 0 Å². The van der Waals surface area contributed by atoms with Gasteiger partial charge in [0.15, 0.2) is 11.5 Å². The summed E-state index contributed by atoms with van der Waals surface area (Å²) in [5.74, 6) is 0.00696. The predicted octanol–water partition coefficient (Wildman–Crippen LogP) is 1.93. The van der Waals surface area contributed by atoms with Gasteiger partial charge in [-0.3, -0.25) is 4.79 Å². The van der Waals surface area contributed by atoms with Crippen molar-refractivity contribution in [1.82, 2.24) is 0 Å². The SMILES string of the molecule is C=C1Oc2c(O)cccc2C(O)C1(C)C(C)=O. The molecule has 2 unspecified atom stereocenters. The number of aliphatic hydroxyl groups is 1. The molecule has 1 aromatic rings. The molecule has 0 radical (unpaired) electrons. The molecule has 1 aliphatic heterocycles. The molecule has 4 nitrogen and oxygen atoms in total. The van der Waals surface area contributed by atoms with Crippen LogP contribution in [0.25, 0.3) is 0 Å². The second-order valence-electron chi connectivity index (χ2n) is 4.38. The number of hydrogen-bond acceptors (Lipinski definition) is 4. The van der Waals surface area contributed by atoms with Crippen molar-refractivity contribution in [3.8, 4) is 11.5 Å². The van der Waals surface area contributed by atoms with E-state index in [4.69, 9.17) is 4.74 Å². The van der Waals surface area contributed by atoms with Crippen LogP contribution in [0.2, 0.25) is 0 Å². The molecule has 4 heteroatoms. The van der Waals surface area contributed by atoms with Gasteiger partial charge in [-0.2, -0.15) is 0 Å². The molecule has 0 saturated carbocycles. The number of phenols is 1. The Labute approximate surface area is 99.2 Å². The summed E-state index contributed by atoms with van der Waals surface area (Å²) in [7, 11) is 0. The summed E-state index contributed by atoms with van der Waals surface area (Å²) >= 11 is 0. The Morgan fingerprint density at radius 1 is 1.53 bits per heavy atom. The average molecular weight is 234 g/mol. The number of phenolic OH excluding ortho intramolecular Hbond substituents is 1. The molecule has 2 rings (SSSR count). The number of ether oxygens (including phenoxy) is 1. The molecular weight excluding hydrogens is 220 g/mol. The molecule has 0 aliphatic carbocycles. The maximum Gasteiger partial charge on any atom is 0.174 e. The van der Waals surface area contributed by atoms with E-state index in [1.54, 1.807) is 19.1 Å². The van der Waals surface area contributed by atoms with Gasteiger partial charge in [0.2, 0.25) is 0 Å². The Hall–Kier alpha value is -1.81. The van der Waals surface area contributed by atoms with Gasteiger partial charge < -0.3 is 14.9 Å². The van der Waals surface area contributed by atoms with E-state index < -0.39 is 11.5 Å². The van der Waals surface area contributed by atoms with Crippen molar-refractivity contribution in [2.45, 2.75) is 20.0 Å². The van der Waals surface area contributed by atoms with Crippen molar-refractivity contribution < 1.29 is 19.7 Å². The first kappa shape index (κ1) is 11.7. The third kappa shape index (κ3) is 1.45. The zero-order valence-electron chi connectivity index (χ0n) is 9.73. The van der Waals surface area contributed by atoms with E-state index in [2.05, 4.69) is 6.58 Å². The van der Waals surface area contributed by atoms with Crippen LogP contribution >= 0.6 is 0 Å². The number of para-hydroxylation sites is 1. The average Bonchev–Trinajstić information content (AvgIpc) is 2.27. The smallest absolute Gasteiger partial charge is 0.174 e. The van der Waals surface area contributed by atoms with Crippen LogP contribution in [0.4, 0.5) is 0 Å². The molecule has 90 valence electrons. The number of carbonyl (C=O) groups excluding carboxylic acids is 1. The van der Waals surface area contributed by atoms with Gasteiger partial charge in [-0.25, -0.2) is 0 Å². The van der Waals surface area contributed by atoms with Gasteiger partial charge in [-0.05, 0) is 19.9 Å². The molecule has 2 atom stereocenters. The number of ketones is 1. The van der Waals surface area contributed by atoms with E-state index in [1.165, 1.54) is 13.0 Å². The highest BCUT2D eigenvalue weighted by Crippen LogP contribution is 2.51. The summed E-state index contributed by atoms with van der Waals surface area (Å²) in [6, 6.07) is 4.66. The molecule has 0 bridgehead atoms. The Morgan fingerprint density at radius 3 is 2.76 bits per heavy atom. The van der Waals surface area contributed by atoms with Gasteiger partial charge >= 0.3 is 0 Å². The van der Waals surface area contributed by atoms with Crippen LogP contribution in [0, 0.1) is 5.41 Å². The largest absolute Gasteiger partial charge is 0.504 e. The van der Waals surface area contributed by atoms with E-state index in [0.29, 0.717) is 5.56 Å². The molecule has 1 heterocycles. The van der Waals surface area contributed by atoms with E-state index in [9.17, 15) is 15.0 Å². The third-order valence-corrected chi connectivity index (χ3v) is 3.40. The number of rotatable bonds is 1. The Balaban J connectivity index is 2.63. The molecule has 0 fully saturated rings. The summed E-state index contributed by atoms with van der Waals surface area (Å²) in [6.45, 7) is 6.62. The fourth-order valence-corrected chi connectivity index (χ4v) is 1.95. The van der Waals surface area contributed by atoms with Gasteiger partial charge in [-0.15, -0.1) is 0 Å². The number of carbonyl (C=O) groups is 1. The summed E-state index contributed by atoms with van der Waals surface area (Å²) in [4.78, 5) is 11.7. The molecular formula is C13H14O4. The summed E-state index contributed by atoms with van der Waals surface area (Å²) in [5.41, 5.74) is -0.782. The lowest BCUT2D eigenvalue weighted by Crippen LogP contribution is -2.39. The van der Waals surface area contributed by atoms with Crippen molar-refractivity contribution in [2.75, 3.05) is 0 Å². The molecule has 17 heavy (non-hydrogen) atoms. The van der Waals surface area contributed by atoms with Crippen LogP contribution in [-0.4, -0.2) is 16.0 Å². The van der Waals surface area contributed by atoms with Gasteiger partial charge in [0.05, 0.1) is 0 Å². The first-order valence-electron chi connectivity index (χ1n) is 5.27. The minimum Gasteiger partial charge on any atom is -0.504 e. The summed E-state index contributed by atoms with van der Waals surface area (Å²) < 4.78 is 5.38.